The molecule has 0 fully saturated rings. The van der Waals surface area contributed by atoms with Crippen molar-refractivity contribution >= 4 is 17.8 Å². The first-order chi connectivity index (χ1) is 17.0. The second kappa shape index (κ2) is 10.7. The summed E-state index contributed by atoms with van der Waals surface area (Å²) >= 11 is 0. The third-order valence-corrected chi connectivity index (χ3v) is 5.88. The van der Waals surface area contributed by atoms with Crippen molar-refractivity contribution in [2.45, 2.75) is 19.4 Å². The van der Waals surface area contributed by atoms with Crippen molar-refractivity contribution in [2.75, 3.05) is 13.2 Å². The lowest BCUT2D eigenvalue weighted by molar-refractivity contribution is -0.129. The van der Waals surface area contributed by atoms with Gasteiger partial charge in [0.2, 0.25) is 0 Å². The number of hydrogen-bond acceptors (Lipinski definition) is 5. The quantitative estimate of drug-likeness (QED) is 0.430. The zero-order valence-corrected chi connectivity index (χ0v) is 19.4. The Morgan fingerprint density at radius 3 is 2.37 bits per heavy atom. The summed E-state index contributed by atoms with van der Waals surface area (Å²) in [5.41, 5.74) is 2.42. The maximum Gasteiger partial charge on any atom is 0.290 e. The van der Waals surface area contributed by atoms with Crippen LogP contribution >= 0.6 is 0 Å². The van der Waals surface area contributed by atoms with E-state index in [2.05, 4.69) is 0 Å². The minimum Gasteiger partial charge on any atom is -0.504 e. The Balaban J connectivity index is 1.71. The second-order valence-electron chi connectivity index (χ2n) is 8.17. The Bertz CT molecular complexity index is 1260. The van der Waals surface area contributed by atoms with Crippen LogP contribution in [0.15, 0.2) is 96.3 Å². The topological polar surface area (TPSA) is 87.1 Å². The van der Waals surface area contributed by atoms with E-state index in [0.717, 1.165) is 11.1 Å². The van der Waals surface area contributed by atoms with E-state index in [4.69, 9.17) is 4.74 Å². The van der Waals surface area contributed by atoms with E-state index < -0.39 is 23.5 Å². The van der Waals surface area contributed by atoms with E-state index in [-0.39, 0.29) is 17.1 Å². The molecule has 0 saturated heterocycles. The van der Waals surface area contributed by atoms with Crippen LogP contribution in [0.5, 0.6) is 11.5 Å². The number of hydrogen-bond donors (Lipinski definition) is 2. The van der Waals surface area contributed by atoms with Crippen LogP contribution in [0.3, 0.4) is 0 Å². The van der Waals surface area contributed by atoms with E-state index in [9.17, 15) is 19.8 Å². The summed E-state index contributed by atoms with van der Waals surface area (Å²) < 4.78 is 5.53. The van der Waals surface area contributed by atoms with Crippen LogP contribution in [-0.2, 0) is 16.0 Å². The van der Waals surface area contributed by atoms with Crippen LogP contribution in [0.4, 0.5) is 0 Å². The summed E-state index contributed by atoms with van der Waals surface area (Å²) in [6, 6.07) is 22.9. The number of aromatic hydroxyl groups is 1. The van der Waals surface area contributed by atoms with Gasteiger partial charge >= 0.3 is 0 Å². The third kappa shape index (κ3) is 5.27. The molecule has 6 nitrogen and oxygen atoms in total. The molecule has 3 aromatic carbocycles. The van der Waals surface area contributed by atoms with Gasteiger partial charge in [-0.15, -0.1) is 0 Å². The van der Waals surface area contributed by atoms with Gasteiger partial charge < -0.3 is 19.8 Å². The lowest BCUT2D eigenvalue weighted by Crippen LogP contribution is -2.33. The zero-order valence-electron chi connectivity index (χ0n) is 19.4. The predicted molar refractivity (Wildman–Crippen MR) is 134 cm³/mol. The number of allylic oxidation sites excluding steroid dienone is 1. The number of benzene rings is 3. The molecule has 0 bridgehead atoms. The minimum atomic E-state index is -0.820. The molecular weight excluding hydrogens is 442 g/mol. The highest BCUT2D eigenvalue weighted by molar-refractivity contribution is 6.14. The molecule has 1 aliphatic rings. The number of aliphatic hydroxyl groups excluding tert-OH is 1. The standard InChI is InChI=1S/C29H27NO5/c1-2-35-25-19-22(14-16-23(25)31)27-26(24(32)15-13-20-9-5-3-6-10-20)28(33)29(34)30(27)18-17-21-11-7-4-8-12-21/h3-16,19,27,31,33H,2,17-18H2,1H3. The molecule has 35 heavy (non-hydrogen) atoms. The molecule has 1 atom stereocenters. The SMILES string of the molecule is CCOc1cc(C2C(C(=O)C=Cc3ccccc3)=C(O)C(=O)N2CCc2ccccc2)ccc1O. The van der Waals surface area contributed by atoms with E-state index >= 15 is 0 Å². The van der Waals surface area contributed by atoms with Gasteiger partial charge in [0.25, 0.3) is 5.91 Å². The largest absolute Gasteiger partial charge is 0.504 e. The van der Waals surface area contributed by atoms with Crippen molar-refractivity contribution in [1.82, 2.24) is 4.90 Å². The van der Waals surface area contributed by atoms with Crippen molar-refractivity contribution in [1.29, 1.82) is 0 Å². The first-order valence-corrected chi connectivity index (χ1v) is 11.5. The van der Waals surface area contributed by atoms with Crippen LogP contribution in [0.1, 0.15) is 29.7 Å². The molecule has 0 aromatic heterocycles. The van der Waals surface area contributed by atoms with Gasteiger partial charge in [-0.1, -0.05) is 72.8 Å². The normalized spacial score (nSPS) is 15.7. The van der Waals surface area contributed by atoms with E-state index in [0.29, 0.717) is 25.1 Å². The molecule has 6 heteroatoms. The lowest BCUT2D eigenvalue weighted by Gasteiger charge is -2.27. The van der Waals surface area contributed by atoms with Gasteiger partial charge in [0.15, 0.2) is 23.0 Å². The Morgan fingerprint density at radius 1 is 1.00 bits per heavy atom. The molecular formula is C29H27NO5. The first-order valence-electron chi connectivity index (χ1n) is 11.5. The first kappa shape index (κ1) is 23.8. The van der Waals surface area contributed by atoms with Crippen LogP contribution < -0.4 is 4.74 Å². The summed E-state index contributed by atoms with van der Waals surface area (Å²) in [4.78, 5) is 27.9. The number of ketones is 1. The van der Waals surface area contributed by atoms with Crippen molar-refractivity contribution in [2.24, 2.45) is 0 Å². The highest BCUT2D eigenvalue weighted by atomic mass is 16.5. The fourth-order valence-corrected chi connectivity index (χ4v) is 4.17. The number of phenolic OH excluding ortho intramolecular Hbond substituents is 1. The molecule has 1 heterocycles. The molecule has 1 amide bonds. The molecule has 0 spiro atoms. The number of aliphatic hydroxyl groups is 1. The number of phenols is 1. The smallest absolute Gasteiger partial charge is 0.290 e. The lowest BCUT2D eigenvalue weighted by atomic mass is 9.95. The van der Waals surface area contributed by atoms with Gasteiger partial charge in [-0.05, 0) is 48.2 Å². The average Bonchev–Trinajstić information content (AvgIpc) is 3.13. The van der Waals surface area contributed by atoms with Gasteiger partial charge in [-0.3, -0.25) is 9.59 Å². The summed E-state index contributed by atoms with van der Waals surface area (Å²) in [7, 11) is 0. The molecule has 1 unspecified atom stereocenters. The Kier molecular flexibility index (Phi) is 7.31. The number of carbonyl (C=O) groups is 2. The van der Waals surface area contributed by atoms with Crippen LogP contribution in [-0.4, -0.2) is 40.0 Å². The number of nitrogens with zero attached hydrogens (tertiary/aromatic N) is 1. The minimum absolute atomic E-state index is 0.00313. The van der Waals surface area contributed by atoms with Gasteiger partial charge in [0.1, 0.15) is 0 Å². The average molecular weight is 470 g/mol. The zero-order chi connectivity index (χ0) is 24.8. The predicted octanol–water partition coefficient (Wildman–Crippen LogP) is 5.01. The van der Waals surface area contributed by atoms with Crippen molar-refractivity contribution in [3.05, 3.63) is 113 Å². The van der Waals surface area contributed by atoms with Gasteiger partial charge in [0.05, 0.1) is 18.2 Å². The van der Waals surface area contributed by atoms with Gasteiger partial charge in [0, 0.05) is 6.54 Å². The van der Waals surface area contributed by atoms with Crippen molar-refractivity contribution < 1.29 is 24.5 Å². The summed E-state index contributed by atoms with van der Waals surface area (Å²) in [6.07, 6.45) is 3.57. The second-order valence-corrected chi connectivity index (χ2v) is 8.17. The molecule has 1 aliphatic heterocycles. The van der Waals surface area contributed by atoms with Crippen LogP contribution in [0.2, 0.25) is 0 Å². The molecule has 3 aromatic rings. The molecule has 2 N–H and O–H groups in total. The molecule has 178 valence electrons. The van der Waals surface area contributed by atoms with Crippen molar-refractivity contribution in [3.8, 4) is 11.5 Å². The highest BCUT2D eigenvalue weighted by Crippen LogP contribution is 2.40. The van der Waals surface area contributed by atoms with Crippen molar-refractivity contribution in [3.63, 3.8) is 0 Å². The number of carbonyl (C=O) groups excluding carboxylic acids is 2. The summed E-state index contributed by atoms with van der Waals surface area (Å²) in [5, 5.41) is 21.0. The Hall–Kier alpha value is -4.32. The maximum absolute atomic E-state index is 13.3. The van der Waals surface area contributed by atoms with E-state index in [1.54, 1.807) is 25.1 Å². The molecule has 4 rings (SSSR count). The summed E-state index contributed by atoms with van der Waals surface area (Å²) in [5.74, 6) is -1.41. The monoisotopic (exact) mass is 469 g/mol. The Morgan fingerprint density at radius 2 is 1.69 bits per heavy atom. The van der Waals surface area contributed by atoms with Gasteiger partial charge in [-0.25, -0.2) is 0 Å². The molecule has 0 saturated carbocycles. The van der Waals surface area contributed by atoms with Crippen LogP contribution in [0, 0.1) is 0 Å². The van der Waals surface area contributed by atoms with Gasteiger partial charge in [-0.2, -0.15) is 0 Å². The number of rotatable bonds is 9. The van der Waals surface area contributed by atoms with E-state index in [1.165, 1.54) is 17.0 Å². The van der Waals surface area contributed by atoms with Crippen LogP contribution in [0.25, 0.3) is 6.08 Å². The van der Waals surface area contributed by atoms with E-state index in [1.807, 2.05) is 60.7 Å². The highest BCUT2D eigenvalue weighted by Gasteiger charge is 2.42. The Labute approximate surface area is 204 Å². The maximum atomic E-state index is 13.3. The fourth-order valence-electron chi connectivity index (χ4n) is 4.17. The number of amides is 1. The fraction of sp³-hybridized carbons (Fsp3) is 0.172. The number of ether oxygens (including phenoxy) is 1. The summed E-state index contributed by atoms with van der Waals surface area (Å²) in [6.45, 7) is 2.43. The molecule has 0 radical (unpaired) electrons. The molecule has 0 aliphatic carbocycles. The third-order valence-electron chi connectivity index (χ3n) is 5.88.